The number of rotatable bonds is 4. The van der Waals surface area contributed by atoms with Crippen LogP contribution >= 0.6 is 22.6 Å². The van der Waals surface area contributed by atoms with Gasteiger partial charge in [0.15, 0.2) is 21.2 Å². The summed E-state index contributed by atoms with van der Waals surface area (Å²) in [4.78, 5) is 20.0. The molecule has 29 heavy (non-hydrogen) atoms. The molecule has 1 aliphatic rings. The van der Waals surface area contributed by atoms with Crippen LogP contribution in [0.15, 0.2) is 30.6 Å². The Kier molecular flexibility index (Phi) is 4.54. The third-order valence-corrected chi connectivity index (χ3v) is 5.13. The number of aromatic nitrogens is 7. The predicted molar refractivity (Wildman–Crippen MR) is 105 cm³/mol. The molecule has 0 unspecified atom stereocenters. The molecule has 12 nitrogen and oxygen atoms in total. The summed E-state index contributed by atoms with van der Waals surface area (Å²) in [6, 6.07) is 7.28. The molecule has 4 heterocycles. The fraction of sp³-hybridized carbons (Fsp3) is 0.312. The van der Waals surface area contributed by atoms with E-state index in [4.69, 9.17) is 9.57 Å². The largest absolute Gasteiger partial charge is 0.394 e. The first-order valence-electron chi connectivity index (χ1n) is 8.58. The van der Waals surface area contributed by atoms with E-state index >= 15 is 0 Å². The van der Waals surface area contributed by atoms with E-state index in [0.717, 1.165) is 0 Å². The Morgan fingerprint density at radius 3 is 2.79 bits per heavy atom. The van der Waals surface area contributed by atoms with Crippen molar-refractivity contribution in [2.75, 3.05) is 6.61 Å². The summed E-state index contributed by atoms with van der Waals surface area (Å²) >= 11 is 1.93. The smallest absolute Gasteiger partial charge is 0.280 e. The standard InChI is InChI=1S/C16H14IN7O5/c17-16-19-13-10(18-6-23(13)15-12(27)11(26)9(5-25)28-15)14(20-16)29-24-8-4-2-1-3-7(8)21-22-24/h1-4,6,9,11-12,15,25-27H,5H2/t9-,11-,12-,15-/m1/s1. The minimum atomic E-state index is -1.26. The van der Waals surface area contributed by atoms with Crippen LogP contribution in [0.4, 0.5) is 0 Å². The van der Waals surface area contributed by atoms with Crippen LogP contribution < -0.4 is 4.84 Å². The number of nitrogens with zero attached hydrogens (tertiary/aromatic N) is 7. The van der Waals surface area contributed by atoms with Crippen molar-refractivity contribution in [3.63, 3.8) is 0 Å². The molecule has 0 radical (unpaired) electrons. The lowest BCUT2D eigenvalue weighted by molar-refractivity contribution is -0.0511. The van der Waals surface area contributed by atoms with Crippen LogP contribution in [0.5, 0.6) is 5.88 Å². The lowest BCUT2D eigenvalue weighted by Gasteiger charge is -2.16. The van der Waals surface area contributed by atoms with Crippen LogP contribution in [-0.2, 0) is 4.74 Å². The first kappa shape index (κ1) is 18.6. The number of aliphatic hydroxyl groups excluding tert-OH is 3. The highest BCUT2D eigenvalue weighted by molar-refractivity contribution is 14.1. The second-order valence-electron chi connectivity index (χ2n) is 6.39. The minimum Gasteiger partial charge on any atom is -0.394 e. The summed E-state index contributed by atoms with van der Waals surface area (Å²) in [6.45, 7) is -0.429. The van der Waals surface area contributed by atoms with Gasteiger partial charge in [-0.25, -0.2) is 9.97 Å². The zero-order chi connectivity index (χ0) is 20.1. The van der Waals surface area contributed by atoms with Crippen molar-refractivity contribution in [3.8, 4) is 5.88 Å². The number of para-hydroxylation sites is 1. The average Bonchev–Trinajstić information content (AvgIpc) is 3.39. The zero-order valence-electron chi connectivity index (χ0n) is 14.6. The molecule has 13 heteroatoms. The fourth-order valence-electron chi connectivity index (χ4n) is 3.22. The normalized spacial score (nSPS) is 24.6. The quantitative estimate of drug-likeness (QED) is 0.244. The van der Waals surface area contributed by atoms with Crippen molar-refractivity contribution < 1.29 is 24.9 Å². The number of ether oxygens (including phenoxy) is 1. The number of aliphatic hydroxyl groups is 3. The number of imidazole rings is 1. The van der Waals surface area contributed by atoms with Crippen LogP contribution in [0.3, 0.4) is 0 Å². The van der Waals surface area contributed by atoms with Gasteiger partial charge in [-0.15, -0.1) is 5.10 Å². The summed E-state index contributed by atoms with van der Waals surface area (Å²) in [6.07, 6.45) is -2.98. The van der Waals surface area contributed by atoms with E-state index in [0.29, 0.717) is 26.0 Å². The molecule has 0 amide bonds. The van der Waals surface area contributed by atoms with E-state index < -0.39 is 31.1 Å². The molecule has 3 N–H and O–H groups in total. The topological polar surface area (TPSA) is 153 Å². The van der Waals surface area contributed by atoms with Crippen molar-refractivity contribution in [1.82, 2.24) is 34.7 Å². The van der Waals surface area contributed by atoms with Crippen LogP contribution in [0.25, 0.3) is 22.2 Å². The maximum absolute atomic E-state index is 10.3. The summed E-state index contributed by atoms with van der Waals surface area (Å²) in [5.74, 6) is 0.139. The highest BCUT2D eigenvalue weighted by Crippen LogP contribution is 2.33. The van der Waals surface area contributed by atoms with E-state index in [1.54, 1.807) is 12.1 Å². The zero-order valence-corrected chi connectivity index (χ0v) is 16.7. The molecule has 0 bridgehead atoms. The molecule has 4 atom stereocenters. The molecule has 1 saturated heterocycles. The van der Waals surface area contributed by atoms with Crippen molar-refractivity contribution in [2.45, 2.75) is 24.5 Å². The maximum atomic E-state index is 10.3. The number of fused-ring (bicyclic) bond motifs is 2. The van der Waals surface area contributed by atoms with Crippen LogP contribution in [0.1, 0.15) is 6.23 Å². The molecule has 1 aromatic carbocycles. The van der Waals surface area contributed by atoms with Gasteiger partial charge >= 0.3 is 0 Å². The van der Waals surface area contributed by atoms with E-state index in [2.05, 4.69) is 25.3 Å². The van der Waals surface area contributed by atoms with Gasteiger partial charge in [0, 0.05) is 22.6 Å². The summed E-state index contributed by atoms with van der Waals surface area (Å²) in [7, 11) is 0. The lowest BCUT2D eigenvalue weighted by Crippen LogP contribution is -2.33. The second-order valence-corrected chi connectivity index (χ2v) is 7.36. The maximum Gasteiger partial charge on any atom is 0.280 e. The van der Waals surface area contributed by atoms with Crippen molar-refractivity contribution in [2.24, 2.45) is 0 Å². The van der Waals surface area contributed by atoms with E-state index in [9.17, 15) is 15.3 Å². The Hall–Kier alpha value is -2.46. The molecule has 1 fully saturated rings. The molecule has 1 aliphatic heterocycles. The van der Waals surface area contributed by atoms with Gasteiger partial charge in [0.2, 0.25) is 0 Å². The predicted octanol–water partition coefficient (Wildman–Crippen LogP) is -0.371. The van der Waals surface area contributed by atoms with Gasteiger partial charge in [-0.05, 0) is 17.3 Å². The minimum absolute atomic E-state index is 0.139. The summed E-state index contributed by atoms with van der Waals surface area (Å²) in [5, 5.41) is 37.7. The molecule has 0 saturated carbocycles. The van der Waals surface area contributed by atoms with Crippen molar-refractivity contribution in [3.05, 3.63) is 34.4 Å². The third kappa shape index (κ3) is 3.01. The second kappa shape index (κ2) is 7.10. The van der Waals surface area contributed by atoms with Gasteiger partial charge in [-0.2, -0.15) is 4.98 Å². The Morgan fingerprint density at radius 1 is 1.17 bits per heavy atom. The first-order valence-corrected chi connectivity index (χ1v) is 9.66. The number of halogens is 1. The molecule has 0 spiro atoms. The van der Waals surface area contributed by atoms with Crippen molar-refractivity contribution in [1.29, 1.82) is 0 Å². The van der Waals surface area contributed by atoms with Crippen LogP contribution in [0, 0.1) is 3.83 Å². The number of hydrogen-bond donors (Lipinski definition) is 3. The van der Waals surface area contributed by atoms with Gasteiger partial charge < -0.3 is 24.9 Å². The van der Waals surface area contributed by atoms with Gasteiger partial charge in [-0.3, -0.25) is 4.57 Å². The Balaban J connectivity index is 1.57. The van der Waals surface area contributed by atoms with E-state index in [1.807, 2.05) is 34.7 Å². The monoisotopic (exact) mass is 511 g/mol. The molecule has 3 aromatic heterocycles. The fourth-order valence-corrected chi connectivity index (χ4v) is 3.67. The van der Waals surface area contributed by atoms with Crippen LogP contribution in [-0.4, -0.2) is 74.9 Å². The summed E-state index contributed by atoms with van der Waals surface area (Å²) < 4.78 is 7.40. The van der Waals surface area contributed by atoms with E-state index in [1.165, 1.54) is 15.7 Å². The third-order valence-electron chi connectivity index (χ3n) is 4.65. The SMILES string of the molecule is OC[C@H]1O[C@@H](n2cnc3c(On4nnc5ccccc54)nc(I)nc32)[C@H](O)[C@@H]1O. The molecule has 150 valence electrons. The average molecular weight is 511 g/mol. The van der Waals surface area contributed by atoms with Gasteiger partial charge in [0.25, 0.3) is 5.88 Å². The Morgan fingerprint density at radius 2 is 2.00 bits per heavy atom. The van der Waals surface area contributed by atoms with Crippen molar-refractivity contribution >= 4 is 44.8 Å². The van der Waals surface area contributed by atoms with Gasteiger partial charge in [0.1, 0.15) is 29.3 Å². The van der Waals surface area contributed by atoms with Gasteiger partial charge in [0.05, 0.1) is 12.9 Å². The highest BCUT2D eigenvalue weighted by Gasteiger charge is 2.44. The Labute approximate surface area is 175 Å². The lowest BCUT2D eigenvalue weighted by atomic mass is 10.1. The molecular weight excluding hydrogens is 497 g/mol. The molecule has 5 rings (SSSR count). The van der Waals surface area contributed by atoms with Gasteiger partial charge in [-0.1, -0.05) is 17.0 Å². The highest BCUT2D eigenvalue weighted by atomic mass is 127. The molecular formula is C16H14IN7O5. The Bertz CT molecular complexity index is 1200. The number of benzene rings is 1. The number of hydrogen-bond acceptors (Lipinski definition) is 10. The molecule has 0 aliphatic carbocycles. The van der Waals surface area contributed by atoms with Crippen LogP contribution in [0.2, 0.25) is 0 Å². The summed E-state index contributed by atoms with van der Waals surface area (Å²) in [5.41, 5.74) is 1.95. The van der Waals surface area contributed by atoms with E-state index in [-0.39, 0.29) is 5.88 Å². The molecule has 4 aromatic rings. The first-order chi connectivity index (χ1) is 14.1.